The molecule has 0 bridgehead atoms. The van der Waals surface area contributed by atoms with Crippen LogP contribution in [0.15, 0.2) is 54.6 Å². The number of amides is 2. The number of aryl methyl sites for hydroxylation is 2. The number of hydrogen-bond donors (Lipinski definition) is 1. The van der Waals surface area contributed by atoms with Crippen molar-refractivity contribution in [1.29, 1.82) is 0 Å². The van der Waals surface area contributed by atoms with E-state index in [4.69, 9.17) is 4.74 Å². The summed E-state index contributed by atoms with van der Waals surface area (Å²) in [5, 5.41) is 12.4. The predicted molar refractivity (Wildman–Crippen MR) is 116 cm³/mol. The number of carbonyl (C=O) groups excluding carboxylic acids is 2. The van der Waals surface area contributed by atoms with Gasteiger partial charge >= 0.3 is 0 Å². The fourth-order valence-corrected chi connectivity index (χ4v) is 4.22. The lowest BCUT2D eigenvalue weighted by Crippen LogP contribution is -2.28. The first-order valence-corrected chi connectivity index (χ1v) is 10.6. The molecular formula is C22H22N4O3S. The highest BCUT2D eigenvalue weighted by atomic mass is 32.1. The average molecular weight is 423 g/mol. The lowest BCUT2D eigenvalue weighted by Gasteiger charge is -2.19. The Kier molecular flexibility index (Phi) is 6.04. The van der Waals surface area contributed by atoms with E-state index >= 15 is 0 Å². The van der Waals surface area contributed by atoms with Gasteiger partial charge < -0.3 is 15.0 Å². The minimum absolute atomic E-state index is 0.0968. The van der Waals surface area contributed by atoms with E-state index in [0.717, 1.165) is 17.8 Å². The van der Waals surface area contributed by atoms with Crippen LogP contribution in [0.25, 0.3) is 0 Å². The van der Waals surface area contributed by atoms with Gasteiger partial charge in [0.15, 0.2) is 0 Å². The predicted octanol–water partition coefficient (Wildman–Crippen LogP) is 3.32. The zero-order valence-electron chi connectivity index (χ0n) is 16.6. The number of para-hydroxylation sites is 2. The number of ether oxygens (including phenoxy) is 1. The minimum Gasteiger partial charge on any atom is -0.495 e. The summed E-state index contributed by atoms with van der Waals surface area (Å²) >= 11 is 1.37. The lowest BCUT2D eigenvalue weighted by molar-refractivity contribution is -0.122. The Labute approximate surface area is 178 Å². The van der Waals surface area contributed by atoms with Crippen molar-refractivity contribution in [2.24, 2.45) is 5.92 Å². The van der Waals surface area contributed by atoms with Crippen molar-refractivity contribution in [3.8, 4) is 5.75 Å². The first kappa shape index (κ1) is 20.0. The first-order chi connectivity index (χ1) is 14.6. The summed E-state index contributed by atoms with van der Waals surface area (Å²) in [6.07, 6.45) is 1.79. The van der Waals surface area contributed by atoms with Gasteiger partial charge in [-0.15, -0.1) is 10.2 Å². The quantitative estimate of drug-likeness (QED) is 0.631. The number of hydrogen-bond acceptors (Lipinski definition) is 6. The third kappa shape index (κ3) is 4.49. The van der Waals surface area contributed by atoms with Crippen molar-refractivity contribution in [2.45, 2.75) is 19.3 Å². The molecular weight excluding hydrogens is 400 g/mol. The molecule has 1 N–H and O–H groups in total. The van der Waals surface area contributed by atoms with Gasteiger partial charge in [-0.3, -0.25) is 9.59 Å². The minimum atomic E-state index is -0.445. The van der Waals surface area contributed by atoms with E-state index in [1.54, 1.807) is 18.1 Å². The van der Waals surface area contributed by atoms with Crippen molar-refractivity contribution in [3.05, 3.63) is 65.2 Å². The largest absolute Gasteiger partial charge is 0.495 e. The highest BCUT2D eigenvalue weighted by Gasteiger charge is 2.36. The Hall–Kier alpha value is -3.26. The molecule has 2 amide bonds. The van der Waals surface area contributed by atoms with Crippen LogP contribution in [0, 0.1) is 5.92 Å². The van der Waals surface area contributed by atoms with Crippen LogP contribution >= 0.6 is 11.3 Å². The van der Waals surface area contributed by atoms with Gasteiger partial charge in [0, 0.05) is 19.4 Å². The van der Waals surface area contributed by atoms with E-state index in [-0.39, 0.29) is 18.2 Å². The summed E-state index contributed by atoms with van der Waals surface area (Å²) in [6, 6.07) is 17.5. The number of carbonyl (C=O) groups is 2. The molecule has 1 saturated heterocycles. The number of anilines is 2. The molecule has 1 aliphatic heterocycles. The van der Waals surface area contributed by atoms with E-state index in [1.165, 1.54) is 16.9 Å². The molecule has 1 atom stereocenters. The molecule has 0 radical (unpaired) electrons. The maximum absolute atomic E-state index is 12.7. The van der Waals surface area contributed by atoms with Gasteiger partial charge in [0.2, 0.25) is 16.9 Å². The van der Waals surface area contributed by atoms with Gasteiger partial charge in [-0.2, -0.15) is 0 Å². The molecule has 1 aliphatic rings. The number of aromatic nitrogens is 2. The van der Waals surface area contributed by atoms with Crippen LogP contribution in [0.4, 0.5) is 10.8 Å². The second-order valence-corrected chi connectivity index (χ2v) is 8.12. The van der Waals surface area contributed by atoms with Gasteiger partial charge in [0.25, 0.3) is 0 Å². The molecule has 8 heteroatoms. The van der Waals surface area contributed by atoms with Crippen LogP contribution in [0.1, 0.15) is 17.0 Å². The smallest absolute Gasteiger partial charge is 0.231 e. The molecule has 1 unspecified atom stereocenters. The molecule has 1 fully saturated rings. The Morgan fingerprint density at radius 2 is 1.90 bits per heavy atom. The standard InChI is InChI=1S/C22H22N4O3S/c1-29-18-10-6-5-9-17(18)26-14-16(13-20(26)27)21(28)23-22-25-24-19(30-22)12-11-15-7-3-2-4-8-15/h2-10,16H,11-14H2,1H3,(H,23,25,28). The van der Waals surface area contributed by atoms with Gasteiger partial charge in [0.05, 0.1) is 18.7 Å². The second kappa shape index (κ2) is 9.04. The van der Waals surface area contributed by atoms with Crippen LogP contribution in [0.3, 0.4) is 0 Å². The monoisotopic (exact) mass is 422 g/mol. The van der Waals surface area contributed by atoms with Gasteiger partial charge in [-0.1, -0.05) is 53.8 Å². The Bertz CT molecular complexity index is 1040. The summed E-state index contributed by atoms with van der Waals surface area (Å²) in [5.41, 5.74) is 1.92. The molecule has 30 heavy (non-hydrogen) atoms. The number of benzene rings is 2. The SMILES string of the molecule is COc1ccccc1N1CC(C(=O)Nc2nnc(CCc3ccccc3)s2)CC1=O. The lowest BCUT2D eigenvalue weighted by atomic mass is 10.1. The van der Waals surface area contributed by atoms with Crippen molar-refractivity contribution in [2.75, 3.05) is 23.9 Å². The number of nitrogens with zero attached hydrogens (tertiary/aromatic N) is 3. The van der Waals surface area contributed by atoms with E-state index in [2.05, 4.69) is 27.6 Å². The van der Waals surface area contributed by atoms with Crippen LogP contribution < -0.4 is 15.0 Å². The maximum Gasteiger partial charge on any atom is 0.231 e. The Balaban J connectivity index is 1.35. The van der Waals surface area contributed by atoms with Crippen LogP contribution in [0.2, 0.25) is 0 Å². The fourth-order valence-electron chi connectivity index (χ4n) is 3.48. The molecule has 2 aromatic carbocycles. The summed E-state index contributed by atoms with van der Waals surface area (Å²) in [6.45, 7) is 0.310. The summed E-state index contributed by atoms with van der Waals surface area (Å²) < 4.78 is 5.34. The average Bonchev–Trinajstić information content (AvgIpc) is 3.39. The number of nitrogens with one attached hydrogen (secondary N) is 1. The molecule has 7 nitrogen and oxygen atoms in total. The molecule has 0 spiro atoms. The van der Waals surface area contributed by atoms with Gasteiger partial charge in [-0.05, 0) is 24.1 Å². The highest BCUT2D eigenvalue weighted by molar-refractivity contribution is 7.15. The highest BCUT2D eigenvalue weighted by Crippen LogP contribution is 2.33. The Morgan fingerprint density at radius 1 is 1.13 bits per heavy atom. The molecule has 3 aromatic rings. The second-order valence-electron chi connectivity index (χ2n) is 7.05. The molecule has 1 aromatic heterocycles. The van der Waals surface area contributed by atoms with Gasteiger partial charge in [-0.25, -0.2) is 0 Å². The van der Waals surface area contributed by atoms with Crippen molar-refractivity contribution < 1.29 is 14.3 Å². The van der Waals surface area contributed by atoms with E-state index in [9.17, 15) is 9.59 Å². The topological polar surface area (TPSA) is 84.4 Å². The van der Waals surface area contributed by atoms with Crippen molar-refractivity contribution in [1.82, 2.24) is 10.2 Å². The first-order valence-electron chi connectivity index (χ1n) is 9.74. The van der Waals surface area contributed by atoms with Crippen molar-refractivity contribution in [3.63, 3.8) is 0 Å². The number of methoxy groups -OCH3 is 1. The van der Waals surface area contributed by atoms with Crippen LogP contribution in [-0.2, 0) is 22.4 Å². The molecule has 0 aliphatic carbocycles. The zero-order chi connectivity index (χ0) is 20.9. The third-order valence-corrected chi connectivity index (χ3v) is 5.94. The normalized spacial score (nSPS) is 16.0. The molecule has 4 rings (SSSR count). The van der Waals surface area contributed by atoms with Crippen molar-refractivity contribution >= 4 is 34.0 Å². The summed E-state index contributed by atoms with van der Waals surface area (Å²) in [7, 11) is 1.56. The molecule has 0 saturated carbocycles. The van der Waals surface area contributed by atoms with E-state index < -0.39 is 5.92 Å². The Morgan fingerprint density at radius 3 is 2.70 bits per heavy atom. The third-order valence-electron chi connectivity index (χ3n) is 5.04. The zero-order valence-corrected chi connectivity index (χ0v) is 17.4. The molecule has 2 heterocycles. The maximum atomic E-state index is 12.7. The number of rotatable bonds is 7. The van der Waals surface area contributed by atoms with Crippen LogP contribution in [0.5, 0.6) is 5.75 Å². The molecule has 154 valence electrons. The van der Waals surface area contributed by atoms with E-state index in [0.29, 0.717) is 23.1 Å². The summed E-state index contributed by atoms with van der Waals surface area (Å²) in [5.74, 6) is -0.148. The summed E-state index contributed by atoms with van der Waals surface area (Å²) in [4.78, 5) is 26.8. The fraction of sp³-hybridized carbons (Fsp3) is 0.273. The van der Waals surface area contributed by atoms with Crippen LogP contribution in [-0.4, -0.2) is 35.7 Å². The van der Waals surface area contributed by atoms with E-state index in [1.807, 2.05) is 36.4 Å². The van der Waals surface area contributed by atoms with Gasteiger partial charge in [0.1, 0.15) is 10.8 Å².